The van der Waals surface area contributed by atoms with E-state index in [1.165, 1.54) is 25.4 Å². The van der Waals surface area contributed by atoms with E-state index in [2.05, 4.69) is 26.2 Å². The van der Waals surface area contributed by atoms with Gasteiger partial charge in [-0.25, -0.2) is 13.6 Å². The second-order valence-electron chi connectivity index (χ2n) is 15.0. The Morgan fingerprint density at radius 3 is 2.47 bits per heavy atom. The highest BCUT2D eigenvalue weighted by molar-refractivity contribution is 7.85. The molecule has 0 aliphatic carbocycles. The van der Waals surface area contributed by atoms with E-state index in [1.54, 1.807) is 49.9 Å². The van der Waals surface area contributed by atoms with Crippen LogP contribution < -0.4 is 19.7 Å². The molecule has 5 aromatic rings. The minimum atomic E-state index is -4.57. The molecule has 2 amide bonds. The number of anilines is 2. The van der Waals surface area contributed by atoms with E-state index in [-0.39, 0.29) is 77.1 Å². The normalized spacial score (nSPS) is 16.6. The van der Waals surface area contributed by atoms with Crippen LogP contribution in [-0.4, -0.2) is 96.1 Å². The van der Waals surface area contributed by atoms with Gasteiger partial charge in [-0.3, -0.25) is 19.2 Å². The Kier molecular flexibility index (Phi) is 11.3. The summed E-state index contributed by atoms with van der Waals surface area (Å²) in [5.41, 5.74) is -0.693. The molecular formula is C41H40F2N6O9S. The first-order chi connectivity index (χ1) is 28.1. The summed E-state index contributed by atoms with van der Waals surface area (Å²) in [6.07, 6.45) is 7.89. The standard InChI is InChI=1S/C41H40F2N6O9S/c1-6-27-30(42)14-10-23-8-7-9-28(34(23)27)36-35(43)37-29(19-44-36)38(48-20-24-11-12-25(21-48)49(24)40(51)58-41(2,3)4)47-39(46-37)56-17-16-33(50)45-31-15-13-26(59(52,53)54)18-32(31)57-22-55-5/h1,7-10,13-15,18-19,24-25H,11-12,16-17,20-22H2,2-5H3,(H,45,50)(H,52,53,54). The van der Waals surface area contributed by atoms with Crippen molar-refractivity contribution in [2.24, 2.45) is 0 Å². The third-order valence-electron chi connectivity index (χ3n) is 9.84. The van der Waals surface area contributed by atoms with E-state index in [9.17, 15) is 27.0 Å². The minimum absolute atomic E-state index is 0.0461. The zero-order valence-corrected chi connectivity index (χ0v) is 33.3. The number of halogens is 2. The number of rotatable bonds is 11. The molecule has 0 saturated carbocycles. The lowest BCUT2D eigenvalue weighted by Crippen LogP contribution is -2.57. The molecule has 0 spiro atoms. The van der Waals surface area contributed by atoms with Crippen molar-refractivity contribution in [1.82, 2.24) is 19.9 Å². The highest BCUT2D eigenvalue weighted by atomic mass is 32.2. The Bertz CT molecular complexity index is 2620. The molecule has 18 heteroatoms. The number of pyridine rings is 1. The fourth-order valence-electron chi connectivity index (χ4n) is 7.35. The molecule has 15 nitrogen and oxygen atoms in total. The van der Waals surface area contributed by atoms with E-state index in [4.69, 9.17) is 25.4 Å². The Morgan fingerprint density at radius 1 is 1.05 bits per heavy atom. The fraction of sp³-hybridized carbons (Fsp3) is 0.341. The number of carbonyl (C=O) groups is 2. The summed E-state index contributed by atoms with van der Waals surface area (Å²) in [4.78, 5) is 43.2. The van der Waals surface area contributed by atoms with Gasteiger partial charge in [0.25, 0.3) is 10.1 Å². The van der Waals surface area contributed by atoms with E-state index in [0.717, 1.165) is 12.1 Å². The summed E-state index contributed by atoms with van der Waals surface area (Å²) in [6.45, 7) is 5.53. The Labute approximate surface area is 338 Å². The average molecular weight is 831 g/mol. The van der Waals surface area contributed by atoms with Crippen LogP contribution in [0.2, 0.25) is 0 Å². The second kappa shape index (κ2) is 16.2. The van der Waals surface area contributed by atoms with E-state index in [1.807, 2.05) is 4.90 Å². The molecular weight excluding hydrogens is 791 g/mol. The molecule has 308 valence electrons. The Morgan fingerprint density at radius 2 is 1.80 bits per heavy atom. The first-order valence-corrected chi connectivity index (χ1v) is 20.0. The molecule has 2 saturated heterocycles. The molecule has 2 N–H and O–H groups in total. The van der Waals surface area contributed by atoms with E-state index >= 15 is 4.39 Å². The van der Waals surface area contributed by atoms with Crippen molar-refractivity contribution in [2.45, 2.75) is 62.6 Å². The number of piperazine rings is 1. The number of carbonyl (C=O) groups excluding carboxylic acids is 2. The number of terminal acetylenes is 1. The van der Waals surface area contributed by atoms with Crippen LogP contribution in [0, 0.1) is 24.0 Å². The molecule has 2 atom stereocenters. The molecule has 3 aromatic carbocycles. The maximum Gasteiger partial charge on any atom is 0.410 e. The number of methoxy groups -OCH3 is 1. The van der Waals surface area contributed by atoms with Crippen LogP contribution >= 0.6 is 0 Å². The number of benzene rings is 3. The summed E-state index contributed by atoms with van der Waals surface area (Å²) in [7, 11) is -3.22. The Balaban J connectivity index is 1.22. The van der Waals surface area contributed by atoms with Crippen molar-refractivity contribution < 1.29 is 50.3 Å². The topological polar surface area (TPSA) is 183 Å². The molecule has 4 heterocycles. The van der Waals surface area contributed by atoms with E-state index < -0.39 is 44.2 Å². The largest absolute Gasteiger partial charge is 0.465 e. The number of fused-ring (bicyclic) bond motifs is 4. The average Bonchev–Trinajstić information content (AvgIpc) is 3.45. The van der Waals surface area contributed by atoms with Crippen LogP contribution in [0.4, 0.5) is 25.1 Å². The Hall–Kier alpha value is -6.16. The first kappa shape index (κ1) is 41.0. The summed E-state index contributed by atoms with van der Waals surface area (Å²) in [6, 6.07) is 10.5. The summed E-state index contributed by atoms with van der Waals surface area (Å²) >= 11 is 0. The number of ether oxygens (including phenoxy) is 4. The van der Waals surface area contributed by atoms with Crippen molar-refractivity contribution in [2.75, 3.05) is 43.8 Å². The molecule has 7 rings (SSSR count). The molecule has 2 fully saturated rings. The minimum Gasteiger partial charge on any atom is -0.465 e. The number of nitrogens with zero attached hydrogens (tertiary/aromatic N) is 5. The molecule has 2 aromatic heterocycles. The first-order valence-electron chi connectivity index (χ1n) is 18.5. The number of hydrogen-bond acceptors (Lipinski definition) is 12. The van der Waals surface area contributed by atoms with Gasteiger partial charge in [-0.1, -0.05) is 30.2 Å². The van der Waals surface area contributed by atoms with Gasteiger partial charge in [-0.2, -0.15) is 18.4 Å². The van der Waals surface area contributed by atoms with Crippen molar-refractivity contribution in [3.63, 3.8) is 0 Å². The molecule has 59 heavy (non-hydrogen) atoms. The molecule has 2 unspecified atom stereocenters. The molecule has 0 radical (unpaired) electrons. The summed E-state index contributed by atoms with van der Waals surface area (Å²) in [5, 5.41) is 3.74. The number of hydrogen-bond donors (Lipinski definition) is 2. The molecule has 2 bridgehead atoms. The number of aromatic nitrogens is 3. The van der Waals surface area contributed by atoms with Crippen LogP contribution in [0.3, 0.4) is 0 Å². The molecule has 2 aliphatic heterocycles. The van der Waals surface area contributed by atoms with Gasteiger partial charge in [0.1, 0.15) is 40.8 Å². The van der Waals surface area contributed by atoms with Crippen LogP contribution in [-0.2, 0) is 24.4 Å². The second-order valence-corrected chi connectivity index (χ2v) is 16.4. The van der Waals surface area contributed by atoms with Gasteiger partial charge < -0.3 is 29.2 Å². The number of nitrogens with one attached hydrogen (secondary N) is 1. The zero-order valence-electron chi connectivity index (χ0n) is 32.5. The third kappa shape index (κ3) is 8.53. The zero-order chi connectivity index (χ0) is 42.2. The van der Waals surface area contributed by atoms with Crippen molar-refractivity contribution in [3.8, 4) is 35.4 Å². The quantitative estimate of drug-likeness (QED) is 0.0857. The smallest absolute Gasteiger partial charge is 0.410 e. The lowest BCUT2D eigenvalue weighted by Gasteiger charge is -2.42. The maximum atomic E-state index is 17.0. The van der Waals surface area contributed by atoms with Gasteiger partial charge in [0.2, 0.25) is 5.91 Å². The van der Waals surface area contributed by atoms with Gasteiger partial charge in [0.15, 0.2) is 12.6 Å². The predicted molar refractivity (Wildman–Crippen MR) is 213 cm³/mol. The summed E-state index contributed by atoms with van der Waals surface area (Å²) < 4.78 is 86.6. The van der Waals surface area contributed by atoms with Crippen molar-refractivity contribution in [3.05, 3.63) is 71.9 Å². The van der Waals surface area contributed by atoms with Crippen LogP contribution in [0.5, 0.6) is 11.8 Å². The number of amides is 2. The SMILES string of the molecule is C#Cc1c(F)ccc2cccc(-c3ncc4c(N5CC6CCC(C5)N6C(=O)OC(C)(C)C)nc(OCCC(=O)Nc5ccc(S(=O)(=O)O)cc5OCOC)nc4c3F)c12. The lowest BCUT2D eigenvalue weighted by atomic mass is 9.96. The van der Waals surface area contributed by atoms with Gasteiger partial charge in [-0.05, 0) is 57.2 Å². The van der Waals surface area contributed by atoms with Gasteiger partial charge in [0.05, 0.1) is 40.0 Å². The van der Waals surface area contributed by atoms with Gasteiger partial charge in [-0.15, -0.1) is 6.42 Å². The maximum absolute atomic E-state index is 17.0. The van der Waals surface area contributed by atoms with Gasteiger partial charge >= 0.3 is 12.1 Å². The predicted octanol–water partition coefficient (Wildman–Crippen LogP) is 6.33. The van der Waals surface area contributed by atoms with E-state index in [0.29, 0.717) is 42.5 Å². The van der Waals surface area contributed by atoms with Crippen molar-refractivity contribution in [1.29, 1.82) is 0 Å². The monoisotopic (exact) mass is 830 g/mol. The lowest BCUT2D eigenvalue weighted by molar-refractivity contribution is -0.116. The van der Waals surface area contributed by atoms with Crippen LogP contribution in [0.15, 0.2) is 59.6 Å². The van der Waals surface area contributed by atoms with Gasteiger partial charge in [0, 0.05) is 43.4 Å². The van der Waals surface area contributed by atoms with Crippen LogP contribution in [0.1, 0.15) is 45.6 Å². The van der Waals surface area contributed by atoms with Crippen molar-refractivity contribution >= 4 is 55.3 Å². The summed E-state index contributed by atoms with van der Waals surface area (Å²) in [5.74, 6) is 0.520. The van der Waals surface area contributed by atoms with Crippen LogP contribution in [0.25, 0.3) is 32.9 Å². The highest BCUT2D eigenvalue weighted by Crippen LogP contribution is 2.39. The highest BCUT2D eigenvalue weighted by Gasteiger charge is 2.45. The third-order valence-corrected chi connectivity index (χ3v) is 10.7. The molecule has 2 aliphatic rings. The fourth-order valence-corrected chi connectivity index (χ4v) is 7.85.